The zero-order chi connectivity index (χ0) is 12.0. The second-order valence-electron chi connectivity index (χ2n) is 3.15. The van der Waals surface area contributed by atoms with Gasteiger partial charge in [-0.1, -0.05) is 0 Å². The summed E-state index contributed by atoms with van der Waals surface area (Å²) in [7, 11) is 0. The van der Waals surface area contributed by atoms with Crippen LogP contribution >= 0.6 is 0 Å². The van der Waals surface area contributed by atoms with Crippen molar-refractivity contribution in [3.8, 4) is 5.75 Å². The lowest BCUT2D eigenvalue weighted by atomic mass is 10.3. The molecule has 0 aliphatic heterocycles. The molecule has 0 heterocycles. The van der Waals surface area contributed by atoms with E-state index in [1.807, 2.05) is 6.92 Å². The fraction of sp³-hybridized carbons (Fsp3) is 0.273. The summed E-state index contributed by atoms with van der Waals surface area (Å²) >= 11 is 0. The quantitative estimate of drug-likeness (QED) is 0.726. The molecule has 0 aliphatic rings. The minimum Gasteiger partial charge on any atom is -0.494 e. The Labute approximate surface area is 93.6 Å². The van der Waals surface area contributed by atoms with Crippen molar-refractivity contribution in [2.24, 2.45) is 5.73 Å². The molecule has 1 aromatic carbocycles. The van der Waals surface area contributed by atoms with Crippen molar-refractivity contribution in [3.05, 3.63) is 24.3 Å². The molecule has 2 amide bonds. The maximum Gasteiger partial charge on any atom is 0.233 e. The summed E-state index contributed by atoms with van der Waals surface area (Å²) in [4.78, 5) is 21.7. The van der Waals surface area contributed by atoms with Crippen molar-refractivity contribution in [2.75, 3.05) is 11.9 Å². The highest BCUT2D eigenvalue weighted by atomic mass is 16.5. The third-order valence-corrected chi connectivity index (χ3v) is 1.78. The van der Waals surface area contributed by atoms with E-state index in [1.165, 1.54) is 0 Å². The molecule has 0 fully saturated rings. The van der Waals surface area contributed by atoms with Crippen molar-refractivity contribution in [1.82, 2.24) is 0 Å². The van der Waals surface area contributed by atoms with Crippen molar-refractivity contribution in [3.63, 3.8) is 0 Å². The average molecular weight is 222 g/mol. The van der Waals surface area contributed by atoms with Gasteiger partial charge < -0.3 is 15.8 Å². The number of carbonyl (C=O) groups is 2. The molecule has 0 unspecified atom stereocenters. The van der Waals surface area contributed by atoms with E-state index in [0.717, 1.165) is 5.75 Å². The number of benzene rings is 1. The first-order valence-corrected chi connectivity index (χ1v) is 4.93. The Morgan fingerprint density at radius 1 is 1.31 bits per heavy atom. The van der Waals surface area contributed by atoms with Crippen LogP contribution in [0.5, 0.6) is 5.75 Å². The van der Waals surface area contributed by atoms with Crippen LogP contribution in [-0.2, 0) is 9.59 Å². The van der Waals surface area contributed by atoms with Gasteiger partial charge in [-0.2, -0.15) is 0 Å². The van der Waals surface area contributed by atoms with Crippen molar-refractivity contribution < 1.29 is 14.3 Å². The molecule has 5 nitrogen and oxygen atoms in total. The normalized spacial score (nSPS) is 9.56. The van der Waals surface area contributed by atoms with E-state index in [0.29, 0.717) is 12.3 Å². The standard InChI is InChI=1S/C11H14N2O3/c1-2-16-9-5-3-8(4-6-9)13-11(15)7-10(12)14/h3-6H,2,7H2,1H3,(H2,12,14)(H,13,15). The monoisotopic (exact) mass is 222 g/mol. The Kier molecular flexibility index (Phi) is 4.32. The van der Waals surface area contributed by atoms with Gasteiger partial charge in [0.2, 0.25) is 11.8 Å². The summed E-state index contributed by atoms with van der Waals surface area (Å²) in [6, 6.07) is 6.88. The maximum absolute atomic E-state index is 11.2. The van der Waals surface area contributed by atoms with Gasteiger partial charge in [0.05, 0.1) is 6.61 Å². The molecule has 16 heavy (non-hydrogen) atoms. The van der Waals surface area contributed by atoms with Crippen LogP contribution in [-0.4, -0.2) is 18.4 Å². The zero-order valence-electron chi connectivity index (χ0n) is 9.03. The van der Waals surface area contributed by atoms with Crippen LogP contribution in [0.25, 0.3) is 0 Å². The fourth-order valence-corrected chi connectivity index (χ4v) is 1.16. The lowest BCUT2D eigenvalue weighted by molar-refractivity contribution is -0.124. The first-order valence-electron chi connectivity index (χ1n) is 4.93. The van der Waals surface area contributed by atoms with Crippen LogP contribution < -0.4 is 15.8 Å². The van der Waals surface area contributed by atoms with E-state index in [-0.39, 0.29) is 6.42 Å². The molecule has 0 bridgehead atoms. The maximum atomic E-state index is 11.2. The van der Waals surface area contributed by atoms with Crippen LogP contribution in [0.15, 0.2) is 24.3 Å². The molecule has 0 aromatic heterocycles. The number of ether oxygens (including phenoxy) is 1. The van der Waals surface area contributed by atoms with Gasteiger partial charge in [0.15, 0.2) is 0 Å². The minimum atomic E-state index is -0.650. The lowest BCUT2D eigenvalue weighted by Gasteiger charge is -2.06. The van der Waals surface area contributed by atoms with E-state index in [4.69, 9.17) is 10.5 Å². The van der Waals surface area contributed by atoms with Gasteiger partial charge in [-0.25, -0.2) is 0 Å². The van der Waals surface area contributed by atoms with E-state index >= 15 is 0 Å². The highest BCUT2D eigenvalue weighted by molar-refractivity contribution is 6.03. The Morgan fingerprint density at radius 2 is 1.94 bits per heavy atom. The Hall–Kier alpha value is -2.04. The van der Waals surface area contributed by atoms with Crippen LogP contribution in [0.1, 0.15) is 13.3 Å². The molecule has 0 saturated carbocycles. The van der Waals surface area contributed by atoms with Gasteiger partial charge in [-0.15, -0.1) is 0 Å². The summed E-state index contributed by atoms with van der Waals surface area (Å²) in [6.45, 7) is 2.48. The third-order valence-electron chi connectivity index (χ3n) is 1.78. The van der Waals surface area contributed by atoms with E-state index in [9.17, 15) is 9.59 Å². The van der Waals surface area contributed by atoms with Crippen molar-refractivity contribution in [1.29, 1.82) is 0 Å². The molecule has 0 spiro atoms. The number of nitrogens with two attached hydrogens (primary N) is 1. The average Bonchev–Trinajstić information content (AvgIpc) is 2.20. The first-order chi connectivity index (χ1) is 7.61. The third kappa shape index (κ3) is 4.00. The van der Waals surface area contributed by atoms with Gasteiger partial charge in [0, 0.05) is 5.69 Å². The van der Waals surface area contributed by atoms with Crippen LogP contribution in [0, 0.1) is 0 Å². The van der Waals surface area contributed by atoms with E-state index in [2.05, 4.69) is 5.32 Å². The van der Waals surface area contributed by atoms with E-state index in [1.54, 1.807) is 24.3 Å². The molecule has 0 aliphatic carbocycles. The molecule has 86 valence electrons. The van der Waals surface area contributed by atoms with E-state index < -0.39 is 11.8 Å². The minimum absolute atomic E-state index is 0.312. The zero-order valence-corrected chi connectivity index (χ0v) is 9.03. The van der Waals surface area contributed by atoms with Crippen molar-refractivity contribution in [2.45, 2.75) is 13.3 Å². The number of amides is 2. The first kappa shape index (κ1) is 12.0. The lowest BCUT2D eigenvalue weighted by Crippen LogP contribution is -2.21. The number of hydrogen-bond acceptors (Lipinski definition) is 3. The largest absolute Gasteiger partial charge is 0.494 e. The van der Waals surface area contributed by atoms with Gasteiger partial charge in [-0.3, -0.25) is 9.59 Å². The number of anilines is 1. The van der Waals surface area contributed by atoms with Gasteiger partial charge in [-0.05, 0) is 31.2 Å². The van der Waals surface area contributed by atoms with Crippen LogP contribution in [0.2, 0.25) is 0 Å². The SMILES string of the molecule is CCOc1ccc(NC(=O)CC(N)=O)cc1. The number of hydrogen-bond donors (Lipinski definition) is 2. The summed E-state index contributed by atoms with van der Waals surface area (Å²) in [5.41, 5.74) is 5.50. The molecule has 3 N–H and O–H groups in total. The molecule has 0 saturated heterocycles. The smallest absolute Gasteiger partial charge is 0.233 e. The molecule has 1 rings (SSSR count). The summed E-state index contributed by atoms with van der Waals surface area (Å²) in [6.07, 6.45) is -0.312. The molecular formula is C11H14N2O3. The Bertz CT molecular complexity index is 373. The molecule has 0 atom stereocenters. The number of rotatable bonds is 5. The predicted molar refractivity (Wildman–Crippen MR) is 60.1 cm³/mol. The van der Waals surface area contributed by atoms with Crippen LogP contribution in [0.4, 0.5) is 5.69 Å². The second-order valence-corrected chi connectivity index (χ2v) is 3.15. The Balaban J connectivity index is 2.54. The number of carbonyl (C=O) groups excluding carboxylic acids is 2. The number of primary amides is 1. The fourth-order valence-electron chi connectivity index (χ4n) is 1.16. The highest BCUT2D eigenvalue weighted by Crippen LogP contribution is 2.15. The topological polar surface area (TPSA) is 81.4 Å². The molecular weight excluding hydrogens is 208 g/mol. The second kappa shape index (κ2) is 5.75. The predicted octanol–water partition coefficient (Wildman–Crippen LogP) is 0.899. The van der Waals surface area contributed by atoms with Gasteiger partial charge >= 0.3 is 0 Å². The van der Waals surface area contributed by atoms with Crippen molar-refractivity contribution >= 4 is 17.5 Å². The van der Waals surface area contributed by atoms with Gasteiger partial charge in [0.25, 0.3) is 0 Å². The summed E-state index contributed by atoms with van der Waals surface area (Å²) in [5, 5.41) is 2.55. The summed E-state index contributed by atoms with van der Waals surface area (Å²) in [5.74, 6) is -0.338. The highest BCUT2D eigenvalue weighted by Gasteiger charge is 2.05. The number of nitrogens with one attached hydrogen (secondary N) is 1. The molecule has 0 radical (unpaired) electrons. The van der Waals surface area contributed by atoms with Crippen LogP contribution in [0.3, 0.4) is 0 Å². The molecule has 1 aromatic rings. The molecule has 5 heteroatoms. The summed E-state index contributed by atoms with van der Waals surface area (Å²) < 4.78 is 5.24. The van der Waals surface area contributed by atoms with Gasteiger partial charge in [0.1, 0.15) is 12.2 Å². The Morgan fingerprint density at radius 3 is 2.44 bits per heavy atom.